The van der Waals surface area contributed by atoms with Crippen LogP contribution in [0.15, 0.2) is 29.4 Å². The number of sulfone groups is 1. The minimum atomic E-state index is -5.34. The Morgan fingerprint density at radius 3 is 2.55 bits per heavy atom. The topological polar surface area (TPSA) is 88.3 Å². The Kier molecular flexibility index (Phi) is 5.86. The van der Waals surface area contributed by atoms with E-state index in [0.717, 1.165) is 4.68 Å². The second-order valence-corrected chi connectivity index (χ2v) is 8.83. The fraction of sp³-hybridized carbons (Fsp3) is 0.529. The molecule has 0 aliphatic carbocycles. The van der Waals surface area contributed by atoms with E-state index in [1.165, 1.54) is 13.2 Å². The molecule has 0 aromatic carbocycles. The van der Waals surface area contributed by atoms with Crippen molar-refractivity contribution < 1.29 is 31.1 Å². The van der Waals surface area contributed by atoms with Crippen molar-refractivity contribution in [2.45, 2.75) is 36.0 Å². The maximum absolute atomic E-state index is 14.9. The molecule has 3 rings (SSSR count). The first-order chi connectivity index (χ1) is 13.6. The Labute approximate surface area is 164 Å². The first-order valence-corrected chi connectivity index (χ1v) is 10.3. The van der Waals surface area contributed by atoms with Crippen LogP contribution in [0.3, 0.4) is 0 Å². The van der Waals surface area contributed by atoms with Crippen molar-refractivity contribution in [3.8, 4) is 0 Å². The van der Waals surface area contributed by atoms with E-state index in [-0.39, 0.29) is 32.5 Å². The smallest absolute Gasteiger partial charge is 0.353 e. The Balaban J connectivity index is 1.80. The molecule has 12 heteroatoms. The Morgan fingerprint density at radius 1 is 1.31 bits per heavy atom. The number of aliphatic hydroxyl groups excluding tert-OH is 1. The lowest BCUT2D eigenvalue weighted by Crippen LogP contribution is -2.44. The van der Waals surface area contributed by atoms with Crippen molar-refractivity contribution in [3.63, 3.8) is 0 Å². The molecule has 0 atom stereocenters. The number of piperidine rings is 1. The number of aliphatic hydroxyl groups is 1. The van der Waals surface area contributed by atoms with Crippen LogP contribution in [0, 0.1) is 5.92 Å². The van der Waals surface area contributed by atoms with E-state index in [9.17, 15) is 26.0 Å². The second-order valence-electron chi connectivity index (χ2n) is 6.84. The standard InChI is InChI=1S/C17H20F4N4O3S/c1-24-9-14(15(23-24)16(18)19)29(27,28)17(20,21)11-3-6-25(7-4-11)13-2-5-22-12(8-13)10-26/h2,5,8-9,11,16,26H,3-4,6-7,10H2,1H3. The lowest BCUT2D eigenvalue weighted by atomic mass is 9.96. The van der Waals surface area contributed by atoms with Crippen LogP contribution in [0.5, 0.6) is 0 Å². The summed E-state index contributed by atoms with van der Waals surface area (Å²) in [6.07, 6.45) is -1.40. The average Bonchev–Trinajstić information content (AvgIpc) is 3.11. The van der Waals surface area contributed by atoms with E-state index in [0.29, 0.717) is 17.6 Å². The molecule has 1 saturated heterocycles. The zero-order valence-corrected chi connectivity index (χ0v) is 16.3. The number of aromatic nitrogens is 3. The first kappa shape index (κ1) is 21.5. The molecule has 0 unspecified atom stereocenters. The zero-order chi connectivity index (χ0) is 21.4. The molecule has 1 fully saturated rings. The molecule has 0 bridgehead atoms. The van der Waals surface area contributed by atoms with Crippen LogP contribution in [0.25, 0.3) is 0 Å². The van der Waals surface area contributed by atoms with E-state index < -0.39 is 38.0 Å². The largest absolute Gasteiger partial charge is 0.390 e. The van der Waals surface area contributed by atoms with E-state index >= 15 is 0 Å². The molecule has 2 aromatic rings. The number of aryl methyl sites for hydroxylation is 1. The van der Waals surface area contributed by atoms with Gasteiger partial charge in [0.05, 0.1) is 12.3 Å². The van der Waals surface area contributed by atoms with Crippen LogP contribution < -0.4 is 4.90 Å². The van der Waals surface area contributed by atoms with Crippen molar-refractivity contribution in [3.05, 3.63) is 35.9 Å². The lowest BCUT2D eigenvalue weighted by molar-refractivity contribution is 0.0147. The van der Waals surface area contributed by atoms with Gasteiger partial charge < -0.3 is 10.0 Å². The van der Waals surface area contributed by atoms with E-state index in [1.54, 1.807) is 17.0 Å². The van der Waals surface area contributed by atoms with Crippen LogP contribution in [-0.4, -0.2) is 46.6 Å². The number of anilines is 1. The summed E-state index contributed by atoms with van der Waals surface area (Å²) in [4.78, 5) is 4.60. The van der Waals surface area contributed by atoms with Crippen LogP contribution in [-0.2, 0) is 23.5 Å². The highest BCUT2D eigenvalue weighted by atomic mass is 32.2. The summed E-state index contributed by atoms with van der Waals surface area (Å²) in [6, 6.07) is 3.29. The summed E-state index contributed by atoms with van der Waals surface area (Å²) in [5.41, 5.74) is -0.0625. The molecular weight excluding hydrogens is 416 g/mol. The first-order valence-electron chi connectivity index (χ1n) is 8.82. The van der Waals surface area contributed by atoms with Gasteiger partial charge in [-0.1, -0.05) is 0 Å². The molecule has 2 aromatic heterocycles. The van der Waals surface area contributed by atoms with Gasteiger partial charge in [0.2, 0.25) is 9.84 Å². The molecule has 29 heavy (non-hydrogen) atoms. The Morgan fingerprint density at radius 2 is 1.97 bits per heavy atom. The molecule has 1 aliphatic rings. The van der Waals surface area contributed by atoms with Gasteiger partial charge in [-0.2, -0.15) is 13.9 Å². The predicted molar refractivity (Wildman–Crippen MR) is 95.4 cm³/mol. The maximum Gasteiger partial charge on any atom is 0.353 e. The van der Waals surface area contributed by atoms with E-state index in [1.807, 2.05) is 0 Å². The van der Waals surface area contributed by atoms with Crippen molar-refractivity contribution in [2.24, 2.45) is 13.0 Å². The molecular formula is C17H20F4N4O3S. The summed E-state index contributed by atoms with van der Waals surface area (Å²) in [7, 11) is -4.15. The summed E-state index contributed by atoms with van der Waals surface area (Å²) >= 11 is 0. The van der Waals surface area contributed by atoms with Gasteiger partial charge in [-0.05, 0) is 25.0 Å². The van der Waals surface area contributed by atoms with Crippen molar-refractivity contribution >= 4 is 15.5 Å². The second kappa shape index (κ2) is 7.90. The molecule has 0 spiro atoms. The highest BCUT2D eigenvalue weighted by Gasteiger charge is 2.54. The number of rotatable bonds is 6. The number of halogens is 4. The molecule has 3 heterocycles. The van der Waals surface area contributed by atoms with E-state index in [4.69, 9.17) is 5.11 Å². The molecule has 0 radical (unpaired) electrons. The minimum Gasteiger partial charge on any atom is -0.390 e. The zero-order valence-electron chi connectivity index (χ0n) is 15.5. The van der Waals surface area contributed by atoms with E-state index in [2.05, 4.69) is 10.1 Å². The van der Waals surface area contributed by atoms with Crippen LogP contribution in [0.1, 0.15) is 30.7 Å². The summed E-state index contributed by atoms with van der Waals surface area (Å²) in [5, 5.41) is 8.28. The minimum absolute atomic E-state index is 0.146. The van der Waals surface area contributed by atoms with Gasteiger partial charge in [-0.3, -0.25) is 9.67 Å². The van der Waals surface area contributed by atoms with Gasteiger partial charge in [-0.15, -0.1) is 0 Å². The van der Waals surface area contributed by atoms with Crippen LogP contribution in [0.2, 0.25) is 0 Å². The van der Waals surface area contributed by atoms with Gasteiger partial charge in [-0.25, -0.2) is 17.2 Å². The normalized spacial score (nSPS) is 16.6. The summed E-state index contributed by atoms with van der Waals surface area (Å²) in [5.74, 6) is -1.52. The number of nitrogens with zero attached hydrogens (tertiary/aromatic N) is 4. The Bertz CT molecular complexity index is 973. The van der Waals surface area contributed by atoms with Crippen LogP contribution in [0.4, 0.5) is 23.2 Å². The molecule has 1 N–H and O–H groups in total. The molecule has 7 nitrogen and oxygen atoms in total. The molecule has 0 amide bonds. The molecule has 0 saturated carbocycles. The van der Waals surface area contributed by atoms with Crippen molar-refractivity contribution in [1.29, 1.82) is 0 Å². The maximum atomic E-state index is 14.9. The average molecular weight is 436 g/mol. The predicted octanol–water partition coefficient (Wildman–Crippen LogP) is 2.53. The third-order valence-electron chi connectivity index (χ3n) is 4.97. The molecule has 160 valence electrons. The van der Waals surface area contributed by atoms with Gasteiger partial charge in [0.1, 0.15) is 10.6 Å². The summed E-state index contributed by atoms with van der Waals surface area (Å²) < 4.78 is 81.9. The third kappa shape index (κ3) is 3.95. The lowest BCUT2D eigenvalue weighted by Gasteiger charge is -2.36. The Hall–Kier alpha value is -2.21. The van der Waals surface area contributed by atoms with Crippen molar-refractivity contribution in [1.82, 2.24) is 14.8 Å². The van der Waals surface area contributed by atoms with Gasteiger partial charge in [0.25, 0.3) is 6.43 Å². The number of hydrogen-bond donors (Lipinski definition) is 1. The SMILES string of the molecule is Cn1cc(S(=O)(=O)C(F)(F)C2CCN(c3ccnc(CO)c3)CC2)c(C(F)F)n1. The van der Waals surface area contributed by atoms with Crippen LogP contribution >= 0.6 is 0 Å². The monoisotopic (exact) mass is 436 g/mol. The number of alkyl halides is 4. The van der Waals surface area contributed by atoms with Gasteiger partial charge >= 0.3 is 5.25 Å². The highest BCUT2D eigenvalue weighted by molar-refractivity contribution is 7.92. The summed E-state index contributed by atoms with van der Waals surface area (Å²) in [6.45, 7) is 0.0387. The number of hydrogen-bond acceptors (Lipinski definition) is 6. The third-order valence-corrected chi connectivity index (χ3v) is 6.92. The highest BCUT2D eigenvalue weighted by Crippen LogP contribution is 2.43. The number of pyridine rings is 1. The fourth-order valence-corrected chi connectivity index (χ4v) is 5.09. The fourth-order valence-electron chi connectivity index (χ4n) is 3.43. The van der Waals surface area contributed by atoms with Crippen molar-refractivity contribution in [2.75, 3.05) is 18.0 Å². The molecule has 1 aliphatic heterocycles. The quantitative estimate of drug-likeness (QED) is 0.701. The van der Waals surface area contributed by atoms with Gasteiger partial charge in [0.15, 0.2) is 0 Å². The van der Waals surface area contributed by atoms with Gasteiger partial charge in [0, 0.05) is 44.1 Å².